The summed E-state index contributed by atoms with van der Waals surface area (Å²) in [6, 6.07) is 0. The van der Waals surface area contributed by atoms with Crippen LogP contribution in [0.15, 0.2) is 12.4 Å². The molecule has 18 heavy (non-hydrogen) atoms. The van der Waals surface area contributed by atoms with Crippen LogP contribution in [0, 0.1) is 0 Å². The van der Waals surface area contributed by atoms with Gasteiger partial charge in [-0.1, -0.05) is 11.6 Å². The van der Waals surface area contributed by atoms with Crippen molar-refractivity contribution < 1.29 is 19.0 Å². The summed E-state index contributed by atoms with van der Waals surface area (Å²) in [6.07, 6.45) is 3.20. The highest BCUT2D eigenvalue weighted by Crippen LogP contribution is 2.02. The first-order valence-corrected chi connectivity index (χ1v) is 5.83. The first-order chi connectivity index (χ1) is 8.74. The third-order valence-electron chi connectivity index (χ3n) is 1.93. The summed E-state index contributed by atoms with van der Waals surface area (Å²) in [6.45, 7) is 1.88. The highest BCUT2D eigenvalue weighted by molar-refractivity contribution is 6.29. The molecule has 0 aliphatic rings. The third kappa shape index (κ3) is 5.90. The van der Waals surface area contributed by atoms with Crippen LogP contribution in [0.1, 0.15) is 16.9 Å². The number of hydrogen-bond donors (Lipinski definition) is 0. The molecule has 0 aliphatic carbocycles. The number of halogens is 1. The van der Waals surface area contributed by atoms with E-state index in [-0.39, 0.29) is 17.5 Å². The Bertz CT molecular complexity index is 359. The molecular weight excluding hydrogens is 260 g/mol. The Kier molecular flexibility index (Phi) is 7.24. The largest absolute Gasteiger partial charge is 0.461 e. The highest BCUT2D eigenvalue weighted by atomic mass is 35.5. The molecule has 0 radical (unpaired) electrons. The molecule has 0 spiro atoms. The van der Waals surface area contributed by atoms with E-state index in [1.54, 1.807) is 7.11 Å². The van der Waals surface area contributed by atoms with Crippen LogP contribution in [0.2, 0.25) is 5.15 Å². The number of hydrogen-bond acceptors (Lipinski definition) is 6. The van der Waals surface area contributed by atoms with Gasteiger partial charge < -0.3 is 14.2 Å². The Morgan fingerprint density at radius 3 is 2.72 bits per heavy atom. The Balaban J connectivity index is 2.12. The van der Waals surface area contributed by atoms with Gasteiger partial charge in [0, 0.05) is 20.1 Å². The normalized spacial score (nSPS) is 10.3. The quantitative estimate of drug-likeness (QED) is 0.526. The summed E-state index contributed by atoms with van der Waals surface area (Å²) in [5, 5.41) is 0.234. The lowest BCUT2D eigenvalue weighted by atomic mass is 10.4. The van der Waals surface area contributed by atoms with Gasteiger partial charge in [-0.25, -0.2) is 14.8 Å². The zero-order valence-electron chi connectivity index (χ0n) is 10.1. The summed E-state index contributed by atoms with van der Waals surface area (Å²) in [5.41, 5.74) is 0.139. The van der Waals surface area contributed by atoms with Crippen molar-refractivity contribution >= 4 is 17.6 Å². The van der Waals surface area contributed by atoms with E-state index in [4.69, 9.17) is 25.8 Å². The van der Waals surface area contributed by atoms with Gasteiger partial charge >= 0.3 is 5.97 Å². The molecule has 1 aromatic heterocycles. The molecule has 100 valence electrons. The number of aromatic nitrogens is 2. The molecule has 1 rings (SSSR count). The van der Waals surface area contributed by atoms with Crippen molar-refractivity contribution in [3.8, 4) is 0 Å². The molecule has 0 amide bonds. The van der Waals surface area contributed by atoms with Gasteiger partial charge in [0.2, 0.25) is 0 Å². The lowest BCUT2D eigenvalue weighted by molar-refractivity contribution is 0.0380. The lowest BCUT2D eigenvalue weighted by Crippen LogP contribution is -2.11. The minimum atomic E-state index is -0.518. The standard InChI is InChI=1S/C11H15ClN2O4/c1-16-5-6-17-3-2-4-18-11(15)9-7-14-10(12)8-13-9/h7-8H,2-6H2,1H3. The molecule has 0 saturated heterocycles. The number of carbonyl (C=O) groups is 1. The fraction of sp³-hybridized carbons (Fsp3) is 0.545. The smallest absolute Gasteiger partial charge is 0.358 e. The van der Waals surface area contributed by atoms with Crippen molar-refractivity contribution in [2.24, 2.45) is 0 Å². The van der Waals surface area contributed by atoms with Gasteiger partial charge in [0.25, 0.3) is 0 Å². The molecule has 0 fully saturated rings. The van der Waals surface area contributed by atoms with Crippen LogP contribution in [0.25, 0.3) is 0 Å². The van der Waals surface area contributed by atoms with E-state index in [0.29, 0.717) is 26.2 Å². The molecule has 1 aromatic rings. The van der Waals surface area contributed by atoms with E-state index in [9.17, 15) is 4.79 Å². The maximum Gasteiger partial charge on any atom is 0.358 e. The minimum absolute atomic E-state index is 0.139. The van der Waals surface area contributed by atoms with Gasteiger partial charge in [0.15, 0.2) is 5.69 Å². The van der Waals surface area contributed by atoms with Crippen molar-refractivity contribution in [3.05, 3.63) is 23.2 Å². The Morgan fingerprint density at radius 1 is 1.22 bits per heavy atom. The molecule has 0 aliphatic heterocycles. The average Bonchev–Trinajstić information content (AvgIpc) is 2.38. The summed E-state index contributed by atoms with van der Waals surface area (Å²) < 4.78 is 15.0. The molecule has 0 atom stereocenters. The van der Waals surface area contributed by atoms with Crippen molar-refractivity contribution in [2.75, 3.05) is 33.5 Å². The van der Waals surface area contributed by atoms with Crippen LogP contribution in [0.4, 0.5) is 0 Å². The second kappa shape index (κ2) is 8.79. The number of nitrogens with zero attached hydrogens (tertiary/aromatic N) is 2. The SMILES string of the molecule is COCCOCCCOC(=O)c1cnc(Cl)cn1. The van der Waals surface area contributed by atoms with Gasteiger partial charge in [-0.15, -0.1) is 0 Å². The second-order valence-electron chi connectivity index (χ2n) is 3.32. The maximum absolute atomic E-state index is 11.5. The molecule has 7 heteroatoms. The Labute approximate surface area is 110 Å². The topological polar surface area (TPSA) is 70.5 Å². The third-order valence-corrected chi connectivity index (χ3v) is 2.12. The molecule has 0 N–H and O–H groups in total. The van der Waals surface area contributed by atoms with Crippen LogP contribution in [-0.4, -0.2) is 49.5 Å². The summed E-state index contributed by atoms with van der Waals surface area (Å²) in [4.78, 5) is 19.0. The van der Waals surface area contributed by atoms with Crippen molar-refractivity contribution in [1.82, 2.24) is 9.97 Å². The van der Waals surface area contributed by atoms with Crippen LogP contribution >= 0.6 is 11.6 Å². The molecule has 0 saturated carbocycles. The molecular formula is C11H15ClN2O4. The van der Waals surface area contributed by atoms with E-state index in [1.807, 2.05) is 0 Å². The van der Waals surface area contributed by atoms with Crippen molar-refractivity contribution in [2.45, 2.75) is 6.42 Å². The fourth-order valence-corrected chi connectivity index (χ4v) is 1.16. The van der Waals surface area contributed by atoms with Crippen molar-refractivity contribution in [3.63, 3.8) is 0 Å². The molecule has 1 heterocycles. The number of rotatable bonds is 8. The summed E-state index contributed by atoms with van der Waals surface area (Å²) in [7, 11) is 1.61. The summed E-state index contributed by atoms with van der Waals surface area (Å²) in [5.74, 6) is -0.518. The zero-order chi connectivity index (χ0) is 13.2. The predicted molar refractivity (Wildman–Crippen MR) is 64.6 cm³/mol. The van der Waals surface area contributed by atoms with E-state index in [1.165, 1.54) is 12.4 Å². The van der Waals surface area contributed by atoms with Crippen molar-refractivity contribution in [1.29, 1.82) is 0 Å². The van der Waals surface area contributed by atoms with Crippen LogP contribution < -0.4 is 0 Å². The number of carbonyl (C=O) groups excluding carboxylic acids is 1. The van der Waals surface area contributed by atoms with E-state index in [2.05, 4.69) is 9.97 Å². The van der Waals surface area contributed by atoms with E-state index >= 15 is 0 Å². The van der Waals surface area contributed by atoms with Crippen LogP contribution in [-0.2, 0) is 14.2 Å². The fourth-order valence-electron chi connectivity index (χ4n) is 1.06. The van der Waals surface area contributed by atoms with E-state index < -0.39 is 5.97 Å². The van der Waals surface area contributed by atoms with Gasteiger partial charge in [-0.2, -0.15) is 0 Å². The highest BCUT2D eigenvalue weighted by Gasteiger charge is 2.08. The zero-order valence-corrected chi connectivity index (χ0v) is 10.9. The minimum Gasteiger partial charge on any atom is -0.461 e. The van der Waals surface area contributed by atoms with Gasteiger partial charge in [0.05, 0.1) is 32.2 Å². The van der Waals surface area contributed by atoms with Gasteiger partial charge in [0.1, 0.15) is 5.15 Å². The average molecular weight is 275 g/mol. The lowest BCUT2D eigenvalue weighted by Gasteiger charge is -2.05. The van der Waals surface area contributed by atoms with Gasteiger partial charge in [-0.3, -0.25) is 0 Å². The summed E-state index contributed by atoms with van der Waals surface area (Å²) >= 11 is 5.55. The number of methoxy groups -OCH3 is 1. The molecule has 0 bridgehead atoms. The first kappa shape index (κ1) is 14.8. The van der Waals surface area contributed by atoms with E-state index in [0.717, 1.165) is 0 Å². The first-order valence-electron chi connectivity index (χ1n) is 5.45. The van der Waals surface area contributed by atoms with Gasteiger partial charge in [-0.05, 0) is 0 Å². The second-order valence-corrected chi connectivity index (χ2v) is 3.71. The Morgan fingerprint density at radius 2 is 2.06 bits per heavy atom. The molecule has 0 unspecified atom stereocenters. The maximum atomic E-state index is 11.5. The van der Waals surface area contributed by atoms with Crippen LogP contribution in [0.3, 0.4) is 0 Å². The van der Waals surface area contributed by atoms with Crippen LogP contribution in [0.5, 0.6) is 0 Å². The number of esters is 1. The molecule has 6 nitrogen and oxygen atoms in total. The number of ether oxygens (including phenoxy) is 3. The Hall–Kier alpha value is -1.24. The predicted octanol–water partition coefficient (Wildman–Crippen LogP) is 1.34. The molecule has 0 aromatic carbocycles. The monoisotopic (exact) mass is 274 g/mol.